The summed E-state index contributed by atoms with van der Waals surface area (Å²) in [6.45, 7) is 2.25. The van der Waals surface area contributed by atoms with Crippen LogP contribution in [-0.2, 0) is 6.42 Å². The zero-order valence-corrected chi connectivity index (χ0v) is 17.7. The van der Waals surface area contributed by atoms with E-state index in [2.05, 4.69) is 6.92 Å². The maximum absolute atomic E-state index is 10.9. The molecule has 2 heteroatoms. The van der Waals surface area contributed by atoms with Gasteiger partial charge in [-0.2, -0.15) is 0 Å². The average Bonchev–Trinajstić information content (AvgIpc) is 2.30. The van der Waals surface area contributed by atoms with Crippen LogP contribution in [0.2, 0.25) is 0 Å². The minimum atomic E-state index is 0. The van der Waals surface area contributed by atoms with Crippen molar-refractivity contribution in [3.05, 3.63) is 29.8 Å². The number of unbranched alkanes of at least 4 members (excludes halogenated alkanes) is 6. The molecule has 0 saturated carbocycles. The summed E-state index contributed by atoms with van der Waals surface area (Å²) in [4.78, 5) is 0. The van der Waals surface area contributed by atoms with E-state index in [1.54, 1.807) is 12.1 Å². The standard InChI is InChI=1S/C15H24O.Cs/c1-2-3-4-5-6-7-8-9-14-10-12-15(16)13-11-14;/h10-13,16H,2-9H2,1H3;/q;+1/p-1. The fourth-order valence-corrected chi connectivity index (χ4v) is 1.94. The van der Waals surface area contributed by atoms with Gasteiger partial charge in [-0.15, -0.1) is 5.75 Å². The summed E-state index contributed by atoms with van der Waals surface area (Å²) in [6, 6.07) is 7.24. The monoisotopic (exact) mass is 352 g/mol. The molecule has 0 aliphatic rings. The molecule has 0 amide bonds. The van der Waals surface area contributed by atoms with E-state index in [9.17, 15) is 5.11 Å². The van der Waals surface area contributed by atoms with Gasteiger partial charge in [0.15, 0.2) is 0 Å². The number of hydrogen-bond acceptors (Lipinski definition) is 1. The van der Waals surface area contributed by atoms with Crippen molar-refractivity contribution in [3.8, 4) is 5.75 Å². The molecule has 0 heterocycles. The number of benzene rings is 1. The summed E-state index contributed by atoms with van der Waals surface area (Å²) in [5.74, 6) is 0.114. The van der Waals surface area contributed by atoms with Gasteiger partial charge in [-0.3, -0.25) is 0 Å². The molecular formula is C15H23CsO. The van der Waals surface area contributed by atoms with Gasteiger partial charge in [-0.25, -0.2) is 0 Å². The van der Waals surface area contributed by atoms with Crippen LogP contribution >= 0.6 is 0 Å². The van der Waals surface area contributed by atoms with Crippen LogP contribution in [0.4, 0.5) is 0 Å². The van der Waals surface area contributed by atoms with Crippen LogP contribution in [0.5, 0.6) is 5.75 Å². The molecule has 0 spiro atoms. The van der Waals surface area contributed by atoms with E-state index >= 15 is 0 Å². The van der Waals surface area contributed by atoms with E-state index < -0.39 is 0 Å². The molecule has 0 aliphatic heterocycles. The van der Waals surface area contributed by atoms with Gasteiger partial charge >= 0.3 is 68.9 Å². The van der Waals surface area contributed by atoms with E-state index in [-0.39, 0.29) is 74.6 Å². The van der Waals surface area contributed by atoms with Crippen molar-refractivity contribution in [2.24, 2.45) is 0 Å². The summed E-state index contributed by atoms with van der Waals surface area (Å²) < 4.78 is 0. The minimum Gasteiger partial charge on any atom is -0.872 e. The fourth-order valence-electron chi connectivity index (χ4n) is 1.94. The Bertz CT molecular complexity index is 269. The molecule has 0 atom stereocenters. The fraction of sp³-hybridized carbons (Fsp3) is 0.600. The first-order valence-corrected chi connectivity index (χ1v) is 6.59. The predicted octanol–water partition coefficient (Wildman–Crippen LogP) is 1.06. The van der Waals surface area contributed by atoms with Crippen LogP contribution in [0.1, 0.15) is 57.4 Å². The van der Waals surface area contributed by atoms with Gasteiger partial charge in [0, 0.05) is 0 Å². The van der Waals surface area contributed by atoms with E-state index in [1.165, 1.54) is 50.5 Å². The van der Waals surface area contributed by atoms with Crippen molar-refractivity contribution >= 4 is 0 Å². The Balaban J connectivity index is 0.00000256. The van der Waals surface area contributed by atoms with E-state index in [4.69, 9.17) is 0 Å². The Labute approximate surface area is 165 Å². The van der Waals surface area contributed by atoms with Crippen molar-refractivity contribution in [1.82, 2.24) is 0 Å². The zero-order chi connectivity index (χ0) is 11.6. The molecule has 0 radical (unpaired) electrons. The molecule has 0 fully saturated rings. The second-order valence-electron chi connectivity index (χ2n) is 4.52. The molecular weight excluding hydrogens is 329 g/mol. The molecule has 0 unspecified atom stereocenters. The Kier molecular flexibility index (Phi) is 12.9. The molecule has 1 aromatic carbocycles. The second-order valence-corrected chi connectivity index (χ2v) is 4.52. The van der Waals surface area contributed by atoms with Crippen molar-refractivity contribution in [3.63, 3.8) is 0 Å². The Hall–Kier alpha value is 1.07. The molecule has 0 bridgehead atoms. The summed E-state index contributed by atoms with van der Waals surface area (Å²) in [7, 11) is 0. The summed E-state index contributed by atoms with van der Waals surface area (Å²) in [5, 5.41) is 10.9. The Morgan fingerprint density at radius 2 is 1.35 bits per heavy atom. The normalized spacial score (nSPS) is 9.94. The average molecular weight is 352 g/mol. The number of rotatable bonds is 8. The molecule has 1 nitrogen and oxygen atoms in total. The third kappa shape index (κ3) is 9.63. The number of aryl methyl sites for hydroxylation is 1. The van der Waals surface area contributed by atoms with Crippen LogP contribution in [0.3, 0.4) is 0 Å². The Morgan fingerprint density at radius 3 is 1.94 bits per heavy atom. The van der Waals surface area contributed by atoms with Crippen molar-refractivity contribution in [2.75, 3.05) is 0 Å². The summed E-state index contributed by atoms with van der Waals surface area (Å²) in [5.41, 5.74) is 1.30. The van der Waals surface area contributed by atoms with E-state index in [1.807, 2.05) is 12.1 Å². The van der Waals surface area contributed by atoms with Crippen molar-refractivity contribution < 1.29 is 74.0 Å². The van der Waals surface area contributed by atoms with Gasteiger partial charge in [0.2, 0.25) is 0 Å². The number of hydrogen-bond donors (Lipinski definition) is 0. The quantitative estimate of drug-likeness (QED) is 0.642. The zero-order valence-electron chi connectivity index (χ0n) is 11.4. The first-order chi connectivity index (χ1) is 7.83. The Morgan fingerprint density at radius 1 is 0.824 bits per heavy atom. The first kappa shape index (κ1) is 18.1. The van der Waals surface area contributed by atoms with Gasteiger partial charge < -0.3 is 5.11 Å². The predicted molar refractivity (Wildman–Crippen MR) is 67.6 cm³/mol. The maximum Gasteiger partial charge on any atom is 1.00 e. The van der Waals surface area contributed by atoms with Crippen LogP contribution < -0.4 is 74.0 Å². The van der Waals surface area contributed by atoms with Gasteiger partial charge in [0.25, 0.3) is 0 Å². The first-order valence-electron chi connectivity index (χ1n) is 6.59. The third-order valence-corrected chi connectivity index (χ3v) is 2.99. The second kappa shape index (κ2) is 12.1. The maximum atomic E-state index is 10.9. The van der Waals surface area contributed by atoms with E-state index in [0.717, 1.165) is 6.42 Å². The van der Waals surface area contributed by atoms with Crippen LogP contribution in [0.25, 0.3) is 0 Å². The van der Waals surface area contributed by atoms with E-state index in [0.29, 0.717) is 0 Å². The molecule has 1 aromatic rings. The molecule has 90 valence electrons. The molecule has 0 aliphatic carbocycles. The van der Waals surface area contributed by atoms with Gasteiger partial charge in [-0.1, -0.05) is 69.7 Å². The summed E-state index contributed by atoms with van der Waals surface area (Å²) >= 11 is 0. The molecule has 0 aromatic heterocycles. The topological polar surface area (TPSA) is 23.1 Å². The summed E-state index contributed by atoms with van der Waals surface area (Å²) in [6.07, 6.45) is 10.5. The molecule has 0 N–H and O–H groups in total. The SMILES string of the molecule is CCCCCCCCCc1ccc([O-])cc1.[Cs+]. The largest absolute Gasteiger partial charge is 1.00 e. The third-order valence-electron chi connectivity index (χ3n) is 2.99. The van der Waals surface area contributed by atoms with Gasteiger partial charge in [0.1, 0.15) is 0 Å². The van der Waals surface area contributed by atoms with Crippen molar-refractivity contribution in [2.45, 2.75) is 58.3 Å². The van der Waals surface area contributed by atoms with Crippen LogP contribution in [0.15, 0.2) is 24.3 Å². The molecule has 1 rings (SSSR count). The van der Waals surface area contributed by atoms with Gasteiger partial charge in [-0.05, 0) is 18.4 Å². The smallest absolute Gasteiger partial charge is 0.872 e. The van der Waals surface area contributed by atoms with Gasteiger partial charge in [0.05, 0.1) is 0 Å². The molecule has 17 heavy (non-hydrogen) atoms. The molecule has 0 saturated heterocycles. The minimum absolute atomic E-state index is 0. The van der Waals surface area contributed by atoms with Crippen molar-refractivity contribution in [1.29, 1.82) is 0 Å². The van der Waals surface area contributed by atoms with Crippen LogP contribution in [-0.4, -0.2) is 0 Å². The van der Waals surface area contributed by atoms with Crippen LogP contribution in [0, 0.1) is 0 Å².